The Labute approximate surface area is 123 Å². The molecule has 0 aromatic heterocycles. The minimum atomic E-state index is -1.18. The number of carboxylic acids is 1. The summed E-state index contributed by atoms with van der Waals surface area (Å²) in [5.41, 5.74) is 5.32. The molecule has 1 aromatic rings. The molecule has 0 saturated carbocycles. The van der Waals surface area contributed by atoms with E-state index in [4.69, 9.17) is 10.5 Å². The molecule has 1 amide bonds. The second kappa shape index (κ2) is 5.63. The van der Waals surface area contributed by atoms with Crippen LogP contribution >= 0.6 is 0 Å². The van der Waals surface area contributed by atoms with Crippen LogP contribution in [0.4, 0.5) is 5.69 Å². The van der Waals surface area contributed by atoms with Crippen LogP contribution in [-0.4, -0.2) is 41.1 Å². The summed E-state index contributed by atoms with van der Waals surface area (Å²) in [5.74, 6) is -0.772. The Morgan fingerprint density at radius 2 is 2.10 bits per heavy atom. The van der Waals surface area contributed by atoms with Crippen LogP contribution in [0, 0.1) is 0 Å². The predicted molar refractivity (Wildman–Crippen MR) is 78.3 cm³/mol. The molecule has 114 valence electrons. The van der Waals surface area contributed by atoms with E-state index in [0.717, 1.165) is 12.8 Å². The molecule has 21 heavy (non-hydrogen) atoms. The van der Waals surface area contributed by atoms with E-state index in [1.54, 1.807) is 25.1 Å². The summed E-state index contributed by atoms with van der Waals surface area (Å²) < 4.78 is 5.06. The summed E-state index contributed by atoms with van der Waals surface area (Å²) >= 11 is 0. The summed E-state index contributed by atoms with van der Waals surface area (Å²) in [4.78, 5) is 25.7. The number of rotatable bonds is 3. The molecule has 2 rings (SSSR count). The number of likely N-dealkylation sites (tertiary alicyclic amines) is 1. The Kier molecular flexibility index (Phi) is 4.06. The highest BCUT2D eigenvalue weighted by atomic mass is 16.5. The number of aliphatic carboxylic acids is 1. The second-order valence-corrected chi connectivity index (χ2v) is 5.45. The Bertz CT molecular complexity index is 573. The van der Waals surface area contributed by atoms with Gasteiger partial charge in [-0.3, -0.25) is 4.79 Å². The van der Waals surface area contributed by atoms with Crippen molar-refractivity contribution in [1.29, 1.82) is 0 Å². The van der Waals surface area contributed by atoms with Crippen molar-refractivity contribution in [3.05, 3.63) is 23.8 Å². The van der Waals surface area contributed by atoms with Gasteiger partial charge in [0.05, 0.1) is 12.7 Å². The summed E-state index contributed by atoms with van der Waals surface area (Å²) in [6.07, 6.45) is 2.04. The van der Waals surface area contributed by atoms with Crippen LogP contribution in [0.1, 0.15) is 36.5 Å². The molecule has 0 bridgehead atoms. The first-order valence-corrected chi connectivity index (χ1v) is 6.89. The molecule has 1 saturated heterocycles. The van der Waals surface area contributed by atoms with Crippen LogP contribution in [0.3, 0.4) is 0 Å². The molecule has 6 nitrogen and oxygen atoms in total. The van der Waals surface area contributed by atoms with Gasteiger partial charge in [0.15, 0.2) is 0 Å². The number of nitrogens with two attached hydrogens (primary N) is 1. The number of hydrogen-bond acceptors (Lipinski definition) is 4. The minimum Gasteiger partial charge on any atom is -0.497 e. The Morgan fingerprint density at radius 3 is 2.67 bits per heavy atom. The first-order chi connectivity index (χ1) is 9.90. The lowest BCUT2D eigenvalue weighted by molar-refractivity contribution is -0.150. The standard InChI is InChI=1S/C15H20N2O4/c1-15(14(19)20)7-3-4-8-17(15)13(18)11-6-5-10(21-2)9-12(11)16/h5-6,9H,3-4,7-8,16H2,1-2H3,(H,19,20). The van der Waals surface area contributed by atoms with Gasteiger partial charge < -0.3 is 20.5 Å². The van der Waals surface area contributed by atoms with Crippen molar-refractivity contribution in [2.75, 3.05) is 19.4 Å². The number of piperidine rings is 1. The lowest BCUT2D eigenvalue weighted by Crippen LogP contribution is -2.57. The van der Waals surface area contributed by atoms with Gasteiger partial charge in [-0.25, -0.2) is 4.79 Å². The number of carbonyl (C=O) groups is 2. The number of hydrogen-bond donors (Lipinski definition) is 2. The van der Waals surface area contributed by atoms with E-state index in [9.17, 15) is 14.7 Å². The number of ether oxygens (including phenoxy) is 1. The topological polar surface area (TPSA) is 92.9 Å². The van der Waals surface area contributed by atoms with Gasteiger partial charge in [0.1, 0.15) is 11.3 Å². The summed E-state index contributed by atoms with van der Waals surface area (Å²) in [6, 6.07) is 4.79. The average Bonchev–Trinajstić information content (AvgIpc) is 2.46. The predicted octanol–water partition coefficient (Wildman–Crippen LogP) is 1.75. The maximum absolute atomic E-state index is 12.7. The fourth-order valence-corrected chi connectivity index (χ4v) is 2.68. The molecule has 1 unspecified atom stereocenters. The highest BCUT2D eigenvalue weighted by Gasteiger charge is 2.44. The fraction of sp³-hybridized carbons (Fsp3) is 0.467. The van der Waals surface area contributed by atoms with Crippen molar-refractivity contribution in [2.24, 2.45) is 0 Å². The lowest BCUT2D eigenvalue weighted by atomic mass is 9.87. The van der Waals surface area contributed by atoms with E-state index in [1.165, 1.54) is 12.0 Å². The van der Waals surface area contributed by atoms with E-state index >= 15 is 0 Å². The number of carboxylic acid groups (broad SMARTS) is 1. The van der Waals surface area contributed by atoms with Crippen LogP contribution in [0.25, 0.3) is 0 Å². The monoisotopic (exact) mass is 292 g/mol. The number of anilines is 1. The highest BCUT2D eigenvalue weighted by molar-refractivity contribution is 6.02. The van der Waals surface area contributed by atoms with Crippen LogP contribution < -0.4 is 10.5 Å². The zero-order valence-electron chi connectivity index (χ0n) is 12.3. The third-order valence-corrected chi connectivity index (χ3v) is 4.09. The maximum atomic E-state index is 12.7. The van der Waals surface area contributed by atoms with Gasteiger partial charge in [0.2, 0.25) is 0 Å². The van der Waals surface area contributed by atoms with Crippen molar-refractivity contribution in [3.8, 4) is 5.75 Å². The van der Waals surface area contributed by atoms with E-state index < -0.39 is 11.5 Å². The Morgan fingerprint density at radius 1 is 1.38 bits per heavy atom. The van der Waals surface area contributed by atoms with Gasteiger partial charge in [0.25, 0.3) is 5.91 Å². The van der Waals surface area contributed by atoms with E-state index in [2.05, 4.69) is 0 Å². The largest absolute Gasteiger partial charge is 0.497 e. The molecule has 0 radical (unpaired) electrons. The quantitative estimate of drug-likeness (QED) is 0.828. The number of benzene rings is 1. The van der Waals surface area contributed by atoms with Gasteiger partial charge in [-0.2, -0.15) is 0 Å². The number of nitrogen functional groups attached to an aromatic ring is 1. The molecule has 1 heterocycles. The third-order valence-electron chi connectivity index (χ3n) is 4.09. The van der Waals surface area contributed by atoms with E-state index in [1.807, 2.05) is 0 Å². The SMILES string of the molecule is COc1ccc(C(=O)N2CCCCC2(C)C(=O)O)c(N)c1. The van der Waals surface area contributed by atoms with Gasteiger partial charge in [-0.15, -0.1) is 0 Å². The molecule has 1 atom stereocenters. The van der Waals surface area contributed by atoms with E-state index in [0.29, 0.717) is 24.3 Å². The van der Waals surface area contributed by atoms with Crippen LogP contribution in [0.15, 0.2) is 18.2 Å². The lowest BCUT2D eigenvalue weighted by Gasteiger charge is -2.41. The smallest absolute Gasteiger partial charge is 0.329 e. The average molecular weight is 292 g/mol. The number of nitrogens with zero attached hydrogens (tertiary/aromatic N) is 1. The molecule has 1 fully saturated rings. The molecule has 6 heteroatoms. The van der Waals surface area contributed by atoms with Gasteiger partial charge in [-0.05, 0) is 38.3 Å². The van der Waals surface area contributed by atoms with Crippen LogP contribution in [0.5, 0.6) is 5.75 Å². The zero-order valence-corrected chi connectivity index (χ0v) is 12.3. The molecule has 0 spiro atoms. The number of carbonyl (C=O) groups excluding carboxylic acids is 1. The van der Waals surface area contributed by atoms with Gasteiger partial charge in [0, 0.05) is 18.3 Å². The zero-order chi connectivity index (χ0) is 15.6. The van der Waals surface area contributed by atoms with Crippen LogP contribution in [-0.2, 0) is 4.79 Å². The normalized spacial score (nSPS) is 21.9. The first-order valence-electron chi connectivity index (χ1n) is 6.89. The number of methoxy groups -OCH3 is 1. The fourth-order valence-electron chi connectivity index (χ4n) is 2.68. The van der Waals surface area contributed by atoms with Crippen molar-refractivity contribution in [3.63, 3.8) is 0 Å². The highest BCUT2D eigenvalue weighted by Crippen LogP contribution is 2.31. The molecule has 3 N–H and O–H groups in total. The van der Waals surface area contributed by atoms with Crippen molar-refractivity contribution in [1.82, 2.24) is 4.90 Å². The Hall–Kier alpha value is -2.24. The van der Waals surface area contributed by atoms with Crippen molar-refractivity contribution in [2.45, 2.75) is 31.7 Å². The summed E-state index contributed by atoms with van der Waals surface area (Å²) in [6.45, 7) is 2.01. The van der Waals surface area contributed by atoms with Gasteiger partial charge >= 0.3 is 5.97 Å². The maximum Gasteiger partial charge on any atom is 0.329 e. The first kappa shape index (κ1) is 15.2. The van der Waals surface area contributed by atoms with Gasteiger partial charge in [-0.1, -0.05) is 0 Å². The molecule has 0 aliphatic carbocycles. The molecule has 1 aliphatic rings. The third kappa shape index (κ3) is 2.66. The summed E-state index contributed by atoms with van der Waals surface area (Å²) in [7, 11) is 1.52. The minimum absolute atomic E-state index is 0.290. The van der Waals surface area contributed by atoms with E-state index in [-0.39, 0.29) is 11.6 Å². The Balaban J connectivity index is 2.36. The number of amides is 1. The molecule has 1 aromatic carbocycles. The molecular formula is C15H20N2O4. The second-order valence-electron chi connectivity index (χ2n) is 5.45. The molecular weight excluding hydrogens is 272 g/mol. The van der Waals surface area contributed by atoms with Crippen LogP contribution in [0.2, 0.25) is 0 Å². The van der Waals surface area contributed by atoms with Crippen molar-refractivity contribution >= 4 is 17.6 Å². The summed E-state index contributed by atoms with van der Waals surface area (Å²) in [5, 5.41) is 9.47. The van der Waals surface area contributed by atoms with Crippen molar-refractivity contribution < 1.29 is 19.4 Å². The molecule has 1 aliphatic heterocycles.